The number of piperazine rings is 1. The van der Waals surface area contributed by atoms with E-state index in [0.29, 0.717) is 18.7 Å². The van der Waals surface area contributed by atoms with Crippen molar-refractivity contribution in [3.05, 3.63) is 47.2 Å². The first-order chi connectivity index (χ1) is 17.4. The van der Waals surface area contributed by atoms with Crippen molar-refractivity contribution in [2.75, 3.05) is 26.2 Å². The zero-order chi connectivity index (χ0) is 25.4. The Hall–Kier alpha value is -3.53. The number of hydrogen-bond donors (Lipinski definition) is 0. The fourth-order valence-corrected chi connectivity index (χ4v) is 4.98. The Labute approximate surface area is 211 Å². The Morgan fingerprint density at radius 2 is 1.83 bits per heavy atom. The molecule has 36 heavy (non-hydrogen) atoms. The van der Waals surface area contributed by atoms with Crippen LogP contribution in [0.4, 0.5) is 0 Å². The smallest absolute Gasteiger partial charge is 0.254 e. The number of aryl methyl sites for hydroxylation is 4. The molecule has 4 aromatic heterocycles. The van der Waals surface area contributed by atoms with E-state index in [0.717, 1.165) is 72.8 Å². The van der Waals surface area contributed by atoms with Gasteiger partial charge in [-0.1, -0.05) is 6.92 Å². The summed E-state index contributed by atoms with van der Waals surface area (Å²) in [5, 5.41) is 14.4. The van der Waals surface area contributed by atoms with E-state index in [-0.39, 0.29) is 5.91 Å². The molecule has 4 aromatic rings. The van der Waals surface area contributed by atoms with Crippen LogP contribution in [0.25, 0.3) is 22.3 Å². The topological polar surface area (TPSA) is 89.9 Å². The number of rotatable bonds is 7. The first-order valence-electron chi connectivity index (χ1n) is 12.8. The third kappa shape index (κ3) is 4.41. The predicted molar refractivity (Wildman–Crippen MR) is 139 cm³/mol. The van der Waals surface area contributed by atoms with Crippen molar-refractivity contribution < 1.29 is 4.79 Å². The van der Waals surface area contributed by atoms with Gasteiger partial charge in [-0.15, -0.1) is 0 Å². The van der Waals surface area contributed by atoms with E-state index >= 15 is 0 Å². The summed E-state index contributed by atoms with van der Waals surface area (Å²) in [6, 6.07) is 1.94. The summed E-state index contributed by atoms with van der Waals surface area (Å²) in [5.41, 5.74) is 6.21. The number of carbonyl (C=O) groups excluding carboxylic acids is 1. The van der Waals surface area contributed by atoms with Gasteiger partial charge in [0.05, 0.1) is 34.7 Å². The average molecular weight is 490 g/mol. The molecule has 0 radical (unpaired) electrons. The third-order valence-electron chi connectivity index (χ3n) is 7.13. The monoisotopic (exact) mass is 489 g/mol. The van der Waals surface area contributed by atoms with Crippen LogP contribution in [0.15, 0.2) is 24.7 Å². The highest BCUT2D eigenvalue weighted by Crippen LogP contribution is 2.30. The van der Waals surface area contributed by atoms with Crippen molar-refractivity contribution in [2.24, 2.45) is 7.05 Å². The quantitative estimate of drug-likeness (QED) is 0.396. The summed E-state index contributed by atoms with van der Waals surface area (Å²) in [5.74, 6) is 0.0443. The highest BCUT2D eigenvalue weighted by molar-refractivity contribution is 6.07. The van der Waals surface area contributed by atoms with Crippen molar-refractivity contribution >= 4 is 16.9 Å². The van der Waals surface area contributed by atoms with Crippen molar-refractivity contribution in [3.8, 4) is 11.3 Å². The summed E-state index contributed by atoms with van der Waals surface area (Å²) in [7, 11) is 1.92. The lowest BCUT2D eigenvalue weighted by atomic mass is 10.0. The van der Waals surface area contributed by atoms with Gasteiger partial charge < -0.3 is 4.90 Å². The number of nitrogens with zero attached hydrogens (tertiary/aromatic N) is 9. The Kier molecular flexibility index (Phi) is 6.61. The molecule has 5 heterocycles. The standard InChI is InChI=1S/C26H35N9O/c1-6-8-35-25-24(18(3)30-35)21(13-23(29-25)22-15-27-31(5)19(22)4)26(36)33-11-9-32(10-12-33)16-20-14-28-34(7-2)17-20/h13-15,17H,6-12,16H2,1-5H3. The summed E-state index contributed by atoms with van der Waals surface area (Å²) >= 11 is 0. The van der Waals surface area contributed by atoms with E-state index in [1.807, 2.05) is 58.3 Å². The molecule has 1 fully saturated rings. The van der Waals surface area contributed by atoms with Crippen molar-refractivity contribution in [1.82, 2.24) is 44.1 Å². The van der Waals surface area contributed by atoms with E-state index in [9.17, 15) is 4.79 Å². The van der Waals surface area contributed by atoms with Gasteiger partial charge in [0.2, 0.25) is 0 Å². The average Bonchev–Trinajstić information content (AvgIpc) is 3.57. The maximum Gasteiger partial charge on any atom is 0.254 e. The van der Waals surface area contributed by atoms with E-state index in [1.54, 1.807) is 0 Å². The number of aromatic nitrogens is 7. The third-order valence-corrected chi connectivity index (χ3v) is 7.13. The summed E-state index contributed by atoms with van der Waals surface area (Å²) in [6.45, 7) is 13.7. The minimum absolute atomic E-state index is 0.0443. The van der Waals surface area contributed by atoms with Gasteiger partial charge in [-0.05, 0) is 33.3 Å². The van der Waals surface area contributed by atoms with Crippen molar-refractivity contribution in [3.63, 3.8) is 0 Å². The van der Waals surface area contributed by atoms with Crippen LogP contribution >= 0.6 is 0 Å². The molecule has 0 unspecified atom stereocenters. The molecule has 0 atom stereocenters. The Bertz CT molecular complexity index is 1390. The molecular formula is C26H35N9O. The molecular weight excluding hydrogens is 454 g/mol. The van der Waals surface area contributed by atoms with Gasteiger partial charge >= 0.3 is 0 Å². The maximum atomic E-state index is 13.9. The van der Waals surface area contributed by atoms with Gasteiger partial charge in [-0.2, -0.15) is 15.3 Å². The largest absolute Gasteiger partial charge is 0.336 e. The van der Waals surface area contributed by atoms with Crippen LogP contribution in [0.1, 0.15) is 47.6 Å². The Balaban J connectivity index is 1.44. The number of fused-ring (bicyclic) bond motifs is 1. The van der Waals surface area contributed by atoms with Crippen LogP contribution < -0.4 is 0 Å². The maximum absolute atomic E-state index is 13.9. The SMILES string of the molecule is CCCn1nc(C)c2c(C(=O)N3CCN(Cc4cnn(CC)c4)CC3)cc(-c3cnn(C)c3C)nc21. The van der Waals surface area contributed by atoms with Crippen LogP contribution in [0.2, 0.25) is 0 Å². The van der Waals surface area contributed by atoms with Crippen LogP contribution in [0.3, 0.4) is 0 Å². The van der Waals surface area contributed by atoms with Gasteiger partial charge in [-0.3, -0.25) is 19.1 Å². The molecule has 190 valence electrons. The number of amides is 1. The molecule has 0 spiro atoms. The molecule has 10 heteroatoms. The fourth-order valence-electron chi connectivity index (χ4n) is 4.98. The minimum atomic E-state index is 0.0443. The molecule has 1 amide bonds. The molecule has 1 aliphatic rings. The lowest BCUT2D eigenvalue weighted by Gasteiger charge is -2.34. The predicted octanol–water partition coefficient (Wildman–Crippen LogP) is 3.03. The second kappa shape index (κ2) is 9.85. The van der Waals surface area contributed by atoms with Crippen LogP contribution in [-0.2, 0) is 26.7 Å². The zero-order valence-electron chi connectivity index (χ0n) is 21.9. The van der Waals surface area contributed by atoms with Gasteiger partial charge in [0.1, 0.15) is 0 Å². The molecule has 0 bridgehead atoms. The first-order valence-corrected chi connectivity index (χ1v) is 12.8. The summed E-state index contributed by atoms with van der Waals surface area (Å²) < 4.78 is 5.72. The molecule has 0 N–H and O–H groups in total. The van der Waals surface area contributed by atoms with E-state index in [4.69, 9.17) is 10.1 Å². The fraction of sp³-hybridized carbons (Fsp3) is 0.500. The lowest BCUT2D eigenvalue weighted by Crippen LogP contribution is -2.48. The normalized spacial score (nSPS) is 14.8. The second-order valence-electron chi connectivity index (χ2n) is 9.60. The van der Waals surface area contributed by atoms with Gasteiger partial charge in [0.15, 0.2) is 5.65 Å². The summed E-state index contributed by atoms with van der Waals surface area (Å²) in [6.07, 6.45) is 6.80. The van der Waals surface area contributed by atoms with Gasteiger partial charge in [0.25, 0.3) is 5.91 Å². The number of pyridine rings is 1. The van der Waals surface area contributed by atoms with Crippen LogP contribution in [-0.4, -0.2) is 76.2 Å². The molecule has 0 aromatic carbocycles. The highest BCUT2D eigenvalue weighted by Gasteiger charge is 2.27. The van der Waals surface area contributed by atoms with Crippen LogP contribution in [0, 0.1) is 13.8 Å². The van der Waals surface area contributed by atoms with E-state index in [2.05, 4.69) is 35.1 Å². The van der Waals surface area contributed by atoms with E-state index in [1.165, 1.54) is 5.56 Å². The molecule has 0 aliphatic carbocycles. The number of hydrogen-bond acceptors (Lipinski definition) is 6. The lowest BCUT2D eigenvalue weighted by molar-refractivity contribution is 0.0630. The molecule has 0 saturated carbocycles. The second-order valence-corrected chi connectivity index (χ2v) is 9.60. The number of carbonyl (C=O) groups is 1. The Morgan fingerprint density at radius 3 is 2.47 bits per heavy atom. The van der Waals surface area contributed by atoms with E-state index < -0.39 is 0 Å². The van der Waals surface area contributed by atoms with Crippen molar-refractivity contribution in [1.29, 1.82) is 0 Å². The molecule has 1 aliphatic heterocycles. The molecule has 5 rings (SSSR count). The van der Waals surface area contributed by atoms with Gasteiger partial charge in [-0.25, -0.2) is 9.67 Å². The van der Waals surface area contributed by atoms with Gasteiger partial charge in [0, 0.05) is 75.9 Å². The summed E-state index contributed by atoms with van der Waals surface area (Å²) in [4.78, 5) is 23.3. The molecule has 1 saturated heterocycles. The highest BCUT2D eigenvalue weighted by atomic mass is 16.2. The van der Waals surface area contributed by atoms with Crippen molar-refractivity contribution in [2.45, 2.75) is 53.8 Å². The Morgan fingerprint density at radius 1 is 1.06 bits per heavy atom. The first kappa shape index (κ1) is 24.2. The zero-order valence-corrected chi connectivity index (χ0v) is 21.9. The van der Waals surface area contributed by atoms with Crippen LogP contribution in [0.5, 0.6) is 0 Å². The molecule has 10 nitrogen and oxygen atoms in total. The minimum Gasteiger partial charge on any atom is -0.336 e.